The molecule has 1 N–H and O–H groups in total. The van der Waals surface area contributed by atoms with Crippen molar-refractivity contribution in [1.29, 1.82) is 0 Å². The minimum Gasteiger partial charge on any atom is -0.463 e. The first-order valence-electron chi connectivity index (χ1n) is 7.16. The maximum absolute atomic E-state index is 11.4. The zero-order chi connectivity index (χ0) is 18.4. The summed E-state index contributed by atoms with van der Waals surface area (Å²) in [6, 6.07) is -0.953. The summed E-state index contributed by atoms with van der Waals surface area (Å²) >= 11 is 6.11. The Morgan fingerprint density at radius 1 is 0.958 bits per heavy atom. The Labute approximate surface area is 143 Å². The number of halogens is 1. The maximum Gasteiger partial charge on any atom is 0.303 e. The van der Waals surface area contributed by atoms with Crippen LogP contribution in [0.4, 0.5) is 0 Å². The molecule has 1 aliphatic rings. The summed E-state index contributed by atoms with van der Waals surface area (Å²) in [6.45, 7) is 4.51. The monoisotopic (exact) mass is 365 g/mol. The van der Waals surface area contributed by atoms with E-state index in [0.29, 0.717) is 0 Å². The number of nitrogens with one attached hydrogen (secondary N) is 1. The number of rotatable bonds is 5. The Kier molecular flexibility index (Phi) is 7.43. The first-order valence-corrected chi connectivity index (χ1v) is 7.60. The summed E-state index contributed by atoms with van der Waals surface area (Å²) in [5.41, 5.74) is -1.09. The molecule has 5 atom stereocenters. The molecule has 1 fully saturated rings. The van der Waals surface area contributed by atoms with Crippen LogP contribution in [0, 0.1) is 0 Å². The normalized spacial score (nSPS) is 29.3. The van der Waals surface area contributed by atoms with E-state index in [4.69, 9.17) is 30.5 Å². The van der Waals surface area contributed by atoms with Crippen molar-refractivity contribution < 1.29 is 38.1 Å². The molecule has 1 saturated heterocycles. The number of hydrogen-bond acceptors (Lipinski definition) is 8. The van der Waals surface area contributed by atoms with Gasteiger partial charge in [0.2, 0.25) is 5.91 Å². The van der Waals surface area contributed by atoms with Crippen molar-refractivity contribution in [2.45, 2.75) is 57.6 Å². The molecule has 0 saturated carbocycles. The van der Waals surface area contributed by atoms with E-state index in [1.54, 1.807) is 0 Å². The van der Waals surface area contributed by atoms with E-state index in [2.05, 4.69) is 5.32 Å². The fraction of sp³-hybridized carbons (Fsp3) is 0.714. The lowest BCUT2D eigenvalue weighted by molar-refractivity contribution is -0.212. The van der Waals surface area contributed by atoms with Crippen LogP contribution in [0.25, 0.3) is 0 Å². The van der Waals surface area contributed by atoms with Crippen LogP contribution in [0.2, 0.25) is 0 Å². The molecule has 24 heavy (non-hydrogen) atoms. The summed E-state index contributed by atoms with van der Waals surface area (Å²) in [7, 11) is 0. The molecule has 0 aromatic heterocycles. The number of carbonyl (C=O) groups is 4. The van der Waals surface area contributed by atoms with Crippen LogP contribution < -0.4 is 5.32 Å². The molecular weight excluding hydrogens is 346 g/mol. The van der Waals surface area contributed by atoms with Gasteiger partial charge in [-0.2, -0.15) is 0 Å². The van der Waals surface area contributed by atoms with Crippen molar-refractivity contribution in [3.8, 4) is 0 Å². The Morgan fingerprint density at radius 3 is 1.96 bits per heavy atom. The molecule has 1 amide bonds. The summed E-state index contributed by atoms with van der Waals surface area (Å²) in [5.74, 6) is -2.33. The second-order valence-electron chi connectivity index (χ2n) is 5.20. The van der Waals surface area contributed by atoms with E-state index in [-0.39, 0.29) is 6.61 Å². The predicted molar refractivity (Wildman–Crippen MR) is 79.9 cm³/mol. The summed E-state index contributed by atoms with van der Waals surface area (Å²) in [4.78, 5) is 45.2. The molecule has 1 aliphatic heterocycles. The number of hydrogen-bond donors (Lipinski definition) is 1. The Hall–Kier alpha value is -1.87. The number of carbonyl (C=O) groups excluding carboxylic acids is 4. The number of ether oxygens (including phenoxy) is 4. The van der Waals surface area contributed by atoms with Gasteiger partial charge in [-0.05, 0) is 0 Å². The van der Waals surface area contributed by atoms with Crippen LogP contribution >= 0.6 is 11.6 Å². The molecule has 0 aromatic rings. The molecule has 1 heterocycles. The van der Waals surface area contributed by atoms with Gasteiger partial charge in [0.05, 0.1) is 0 Å². The summed E-state index contributed by atoms with van der Waals surface area (Å²) in [5, 5.41) is 2.50. The van der Waals surface area contributed by atoms with Gasteiger partial charge >= 0.3 is 17.9 Å². The Balaban J connectivity index is 3.11. The highest BCUT2D eigenvalue weighted by atomic mass is 35.5. The molecule has 0 bridgehead atoms. The maximum atomic E-state index is 11.4. The van der Waals surface area contributed by atoms with E-state index < -0.39 is 53.7 Å². The van der Waals surface area contributed by atoms with Gasteiger partial charge in [0.25, 0.3) is 0 Å². The number of esters is 3. The first kappa shape index (κ1) is 20.2. The largest absolute Gasteiger partial charge is 0.463 e. The van der Waals surface area contributed by atoms with Crippen molar-refractivity contribution >= 4 is 35.4 Å². The van der Waals surface area contributed by atoms with E-state index in [9.17, 15) is 19.2 Å². The molecule has 2 unspecified atom stereocenters. The number of alkyl halides is 1. The Morgan fingerprint density at radius 2 is 1.50 bits per heavy atom. The van der Waals surface area contributed by atoms with Gasteiger partial charge in [-0.3, -0.25) is 19.2 Å². The van der Waals surface area contributed by atoms with E-state index in [1.807, 2.05) is 0 Å². The van der Waals surface area contributed by atoms with Gasteiger partial charge in [0.15, 0.2) is 17.8 Å². The second-order valence-corrected chi connectivity index (χ2v) is 5.63. The van der Waals surface area contributed by atoms with Crippen LogP contribution in [0.3, 0.4) is 0 Å². The van der Waals surface area contributed by atoms with Gasteiger partial charge in [-0.15, -0.1) is 0 Å². The average molecular weight is 366 g/mol. The molecule has 0 aromatic carbocycles. The molecular formula is C14H20ClNO8. The SMILES string of the molecule is CC(=O)NC1[C@@H](Cl)OC(COC(C)=O)[C@H](OC(C)=O)[C@H]1OC(C)=O. The molecule has 0 radical (unpaired) electrons. The summed E-state index contributed by atoms with van der Waals surface area (Å²) in [6.07, 6.45) is -3.18. The van der Waals surface area contributed by atoms with Crippen LogP contribution in [0.5, 0.6) is 0 Å². The van der Waals surface area contributed by atoms with Gasteiger partial charge in [0, 0.05) is 27.7 Å². The molecule has 1 rings (SSSR count). The van der Waals surface area contributed by atoms with Crippen LogP contribution in [-0.2, 0) is 38.1 Å². The van der Waals surface area contributed by atoms with E-state index >= 15 is 0 Å². The number of amides is 1. The van der Waals surface area contributed by atoms with Crippen LogP contribution in [-0.4, -0.2) is 60.3 Å². The van der Waals surface area contributed by atoms with Crippen molar-refractivity contribution in [2.75, 3.05) is 6.61 Å². The van der Waals surface area contributed by atoms with Crippen molar-refractivity contribution in [3.63, 3.8) is 0 Å². The van der Waals surface area contributed by atoms with Crippen molar-refractivity contribution in [1.82, 2.24) is 5.32 Å². The minimum atomic E-state index is -1.11. The van der Waals surface area contributed by atoms with Crippen molar-refractivity contribution in [3.05, 3.63) is 0 Å². The molecule has 0 aliphatic carbocycles. The quantitative estimate of drug-likeness (QED) is 0.407. The summed E-state index contributed by atoms with van der Waals surface area (Å²) < 4.78 is 20.7. The average Bonchev–Trinajstić information content (AvgIpc) is 2.42. The van der Waals surface area contributed by atoms with Gasteiger partial charge in [0.1, 0.15) is 18.8 Å². The van der Waals surface area contributed by atoms with Gasteiger partial charge < -0.3 is 24.3 Å². The first-order chi connectivity index (χ1) is 11.1. The lowest BCUT2D eigenvalue weighted by Crippen LogP contribution is -2.64. The highest BCUT2D eigenvalue weighted by molar-refractivity contribution is 6.20. The fourth-order valence-corrected chi connectivity index (χ4v) is 2.62. The standard InChI is InChI=1S/C14H20ClNO8/c1-6(17)16-11-13(23-9(4)20)12(22-8(3)19)10(24-14(11)15)5-21-7(2)18/h10-14H,5H2,1-4H3,(H,16,17)/t10?,11?,12-,13-,14-/m0/s1. The molecule has 0 spiro atoms. The lowest BCUT2D eigenvalue weighted by atomic mass is 9.97. The fourth-order valence-electron chi connectivity index (χ4n) is 2.28. The minimum absolute atomic E-state index is 0.263. The predicted octanol–water partition coefficient (Wildman–Crippen LogP) is -0.119. The lowest BCUT2D eigenvalue weighted by Gasteiger charge is -2.43. The topological polar surface area (TPSA) is 117 Å². The molecule has 9 nitrogen and oxygen atoms in total. The third-order valence-electron chi connectivity index (χ3n) is 3.06. The third kappa shape index (κ3) is 5.97. The smallest absolute Gasteiger partial charge is 0.303 e. The van der Waals surface area contributed by atoms with Gasteiger partial charge in [-0.1, -0.05) is 11.6 Å². The zero-order valence-corrected chi connectivity index (χ0v) is 14.5. The van der Waals surface area contributed by atoms with Crippen LogP contribution in [0.15, 0.2) is 0 Å². The molecule has 136 valence electrons. The zero-order valence-electron chi connectivity index (χ0n) is 13.7. The second kappa shape index (κ2) is 8.84. The highest BCUT2D eigenvalue weighted by Gasteiger charge is 2.50. The van der Waals surface area contributed by atoms with E-state index in [1.165, 1.54) is 13.8 Å². The van der Waals surface area contributed by atoms with E-state index in [0.717, 1.165) is 13.8 Å². The van der Waals surface area contributed by atoms with Gasteiger partial charge in [-0.25, -0.2) is 0 Å². The van der Waals surface area contributed by atoms with Crippen molar-refractivity contribution in [2.24, 2.45) is 0 Å². The highest BCUT2D eigenvalue weighted by Crippen LogP contribution is 2.28. The van der Waals surface area contributed by atoms with Crippen LogP contribution in [0.1, 0.15) is 27.7 Å². The Bertz CT molecular complexity index is 511. The third-order valence-corrected chi connectivity index (χ3v) is 3.43. The molecule has 10 heteroatoms.